The minimum absolute atomic E-state index is 0.698. The first kappa shape index (κ1) is 12.7. The number of hydrogen-bond donors (Lipinski definition) is 0. The first-order valence-corrected chi connectivity index (χ1v) is 5.57. The molecule has 0 unspecified atom stereocenters. The van der Waals surface area contributed by atoms with Crippen molar-refractivity contribution in [1.29, 1.82) is 0 Å². The molecule has 0 saturated heterocycles. The van der Waals surface area contributed by atoms with E-state index in [9.17, 15) is 0 Å². The second-order valence-corrected chi connectivity index (χ2v) is 3.91. The summed E-state index contributed by atoms with van der Waals surface area (Å²) in [5.41, 5.74) is 0. The quantitative estimate of drug-likeness (QED) is 0.411. The average molecular weight is 183 g/mol. The maximum atomic E-state index is 3.74. The minimum Gasteiger partial charge on any atom is -0.301 e. The molecule has 78 valence electrons. The van der Waals surface area contributed by atoms with Crippen LogP contribution >= 0.6 is 0 Å². The summed E-state index contributed by atoms with van der Waals surface area (Å²) in [4.78, 5) is 2.56. The molecule has 0 atom stereocenters. The van der Waals surface area contributed by atoms with Crippen LogP contribution < -0.4 is 0 Å². The van der Waals surface area contributed by atoms with E-state index in [-0.39, 0.29) is 0 Å². The highest BCUT2D eigenvalue weighted by atomic mass is 15.1. The molecule has 0 saturated carbocycles. The maximum absolute atomic E-state index is 3.74. The first-order chi connectivity index (χ1) is 6.22. The fourth-order valence-electron chi connectivity index (χ4n) is 1.52. The van der Waals surface area contributed by atoms with Gasteiger partial charge in [0.25, 0.3) is 0 Å². The molecule has 0 aliphatic rings. The molecule has 0 N–H and O–H groups in total. The van der Waals surface area contributed by atoms with E-state index in [1.165, 1.54) is 32.4 Å². The van der Waals surface area contributed by atoms with Gasteiger partial charge in [-0.3, -0.25) is 0 Å². The van der Waals surface area contributed by atoms with Crippen LogP contribution in [-0.4, -0.2) is 24.0 Å². The lowest BCUT2D eigenvalue weighted by atomic mass is 10.2. The highest BCUT2D eigenvalue weighted by molar-refractivity contribution is 4.67. The van der Waals surface area contributed by atoms with Gasteiger partial charge in [-0.25, -0.2) is 0 Å². The monoisotopic (exact) mass is 183 g/mol. The summed E-state index contributed by atoms with van der Waals surface area (Å²) >= 11 is 0. The molecule has 0 aromatic carbocycles. The van der Waals surface area contributed by atoms with E-state index in [0.717, 1.165) is 6.42 Å². The van der Waals surface area contributed by atoms with E-state index in [4.69, 9.17) is 0 Å². The van der Waals surface area contributed by atoms with E-state index >= 15 is 0 Å². The molecule has 0 radical (unpaired) electrons. The van der Waals surface area contributed by atoms with E-state index in [1.54, 1.807) is 0 Å². The Hall–Kier alpha value is -0.300. The van der Waals surface area contributed by atoms with Crippen molar-refractivity contribution in [3.63, 3.8) is 0 Å². The molecule has 0 aromatic heterocycles. The number of rotatable bonds is 8. The van der Waals surface area contributed by atoms with Crippen LogP contribution in [0.3, 0.4) is 0 Å². The average Bonchev–Trinajstić information content (AvgIpc) is 2.10. The van der Waals surface area contributed by atoms with Crippen LogP contribution in [0.15, 0.2) is 12.7 Å². The predicted molar refractivity (Wildman–Crippen MR) is 61.0 cm³/mol. The third-order valence-corrected chi connectivity index (χ3v) is 2.34. The molecule has 0 amide bonds. The highest BCUT2D eigenvalue weighted by Gasteiger charge is 2.06. The van der Waals surface area contributed by atoms with E-state index in [2.05, 4.69) is 32.3 Å². The van der Waals surface area contributed by atoms with Gasteiger partial charge in [0.2, 0.25) is 0 Å². The Labute approximate surface area is 83.8 Å². The van der Waals surface area contributed by atoms with E-state index < -0.39 is 0 Å². The molecule has 0 bridgehead atoms. The number of hydrogen-bond acceptors (Lipinski definition) is 1. The zero-order valence-electron chi connectivity index (χ0n) is 9.55. The van der Waals surface area contributed by atoms with Crippen LogP contribution in [0.5, 0.6) is 0 Å². The Morgan fingerprint density at radius 3 is 2.38 bits per heavy atom. The third-order valence-electron chi connectivity index (χ3n) is 2.34. The Morgan fingerprint density at radius 1 is 1.23 bits per heavy atom. The largest absolute Gasteiger partial charge is 0.301 e. The molecule has 0 aromatic rings. The summed E-state index contributed by atoms with van der Waals surface area (Å²) in [5, 5.41) is 0. The van der Waals surface area contributed by atoms with Crippen LogP contribution in [0.25, 0.3) is 0 Å². The second-order valence-electron chi connectivity index (χ2n) is 3.91. The van der Waals surface area contributed by atoms with Crippen molar-refractivity contribution in [2.45, 2.75) is 52.5 Å². The van der Waals surface area contributed by atoms with Crippen molar-refractivity contribution in [2.24, 2.45) is 0 Å². The fourth-order valence-corrected chi connectivity index (χ4v) is 1.52. The molecule has 0 rings (SSSR count). The number of allylic oxidation sites excluding steroid dienone is 1. The Kier molecular flexibility index (Phi) is 8.11. The molecule has 0 heterocycles. The van der Waals surface area contributed by atoms with E-state index in [0.29, 0.717) is 6.04 Å². The van der Waals surface area contributed by atoms with Crippen LogP contribution in [-0.2, 0) is 0 Å². The molecule has 0 spiro atoms. The van der Waals surface area contributed by atoms with Crippen molar-refractivity contribution in [3.8, 4) is 0 Å². The SMILES string of the molecule is C=CCCCCN(CCC)C(C)C. The van der Waals surface area contributed by atoms with Crippen molar-refractivity contribution >= 4 is 0 Å². The molecule has 1 nitrogen and oxygen atoms in total. The maximum Gasteiger partial charge on any atom is 0.00385 e. The lowest BCUT2D eigenvalue weighted by Gasteiger charge is -2.25. The first-order valence-electron chi connectivity index (χ1n) is 5.57. The topological polar surface area (TPSA) is 3.24 Å². The van der Waals surface area contributed by atoms with Gasteiger partial charge in [0.05, 0.1) is 0 Å². The van der Waals surface area contributed by atoms with Crippen LogP contribution in [0.4, 0.5) is 0 Å². The van der Waals surface area contributed by atoms with Gasteiger partial charge in [-0.2, -0.15) is 0 Å². The van der Waals surface area contributed by atoms with Crippen LogP contribution in [0.1, 0.15) is 46.5 Å². The summed E-state index contributed by atoms with van der Waals surface area (Å²) in [6, 6.07) is 0.698. The Morgan fingerprint density at radius 2 is 1.92 bits per heavy atom. The van der Waals surface area contributed by atoms with Gasteiger partial charge < -0.3 is 4.90 Å². The van der Waals surface area contributed by atoms with Gasteiger partial charge in [0.1, 0.15) is 0 Å². The molecular formula is C12H25N. The van der Waals surface area contributed by atoms with Gasteiger partial charge in [-0.15, -0.1) is 6.58 Å². The van der Waals surface area contributed by atoms with Gasteiger partial charge in [-0.1, -0.05) is 13.0 Å². The minimum atomic E-state index is 0.698. The van der Waals surface area contributed by atoms with Gasteiger partial charge >= 0.3 is 0 Å². The number of unbranched alkanes of at least 4 members (excludes halogenated alkanes) is 2. The Bertz CT molecular complexity index is 118. The predicted octanol–water partition coefficient (Wildman–Crippen LogP) is 3.46. The third kappa shape index (κ3) is 6.83. The van der Waals surface area contributed by atoms with Gasteiger partial charge in [0.15, 0.2) is 0 Å². The van der Waals surface area contributed by atoms with Crippen LogP contribution in [0, 0.1) is 0 Å². The highest BCUT2D eigenvalue weighted by Crippen LogP contribution is 2.04. The molecule has 1 heteroatoms. The van der Waals surface area contributed by atoms with Gasteiger partial charge in [0, 0.05) is 6.04 Å². The number of nitrogens with zero attached hydrogens (tertiary/aromatic N) is 1. The zero-order valence-corrected chi connectivity index (χ0v) is 9.55. The van der Waals surface area contributed by atoms with E-state index in [1.807, 2.05) is 6.08 Å². The lowest BCUT2D eigenvalue weighted by molar-refractivity contribution is 0.218. The molecule has 0 aliphatic heterocycles. The van der Waals surface area contributed by atoms with Crippen molar-refractivity contribution in [2.75, 3.05) is 13.1 Å². The van der Waals surface area contributed by atoms with Crippen molar-refractivity contribution in [3.05, 3.63) is 12.7 Å². The van der Waals surface area contributed by atoms with Crippen molar-refractivity contribution in [1.82, 2.24) is 4.90 Å². The summed E-state index contributed by atoms with van der Waals surface area (Å²) in [6.45, 7) is 13.0. The molecule has 13 heavy (non-hydrogen) atoms. The van der Waals surface area contributed by atoms with Gasteiger partial charge in [-0.05, 0) is 52.6 Å². The van der Waals surface area contributed by atoms with Crippen molar-refractivity contribution < 1.29 is 0 Å². The fraction of sp³-hybridized carbons (Fsp3) is 0.833. The summed E-state index contributed by atoms with van der Waals surface area (Å²) in [7, 11) is 0. The molecular weight excluding hydrogens is 158 g/mol. The summed E-state index contributed by atoms with van der Waals surface area (Å²) in [6.07, 6.45) is 7.04. The standard InChI is InChI=1S/C12H25N/c1-5-7-8-9-11-13(10-6-2)12(3)4/h5,12H,1,6-11H2,2-4H3. The van der Waals surface area contributed by atoms with Crippen LogP contribution in [0.2, 0.25) is 0 Å². The second kappa shape index (κ2) is 8.31. The molecule has 0 fully saturated rings. The summed E-state index contributed by atoms with van der Waals surface area (Å²) in [5.74, 6) is 0. The lowest BCUT2D eigenvalue weighted by Crippen LogP contribution is -2.32. The normalized spacial score (nSPS) is 11.2. The Balaban J connectivity index is 3.50. The zero-order chi connectivity index (χ0) is 10.1. The summed E-state index contributed by atoms with van der Waals surface area (Å²) < 4.78 is 0. The smallest absolute Gasteiger partial charge is 0.00385 e. The molecule has 0 aliphatic carbocycles.